The molecule has 1 N–H and O–H groups in total. The first-order valence-corrected chi connectivity index (χ1v) is 9.13. The minimum absolute atomic E-state index is 0.0724. The molecule has 1 aliphatic rings. The molecule has 1 saturated heterocycles. The topological polar surface area (TPSA) is 106 Å². The van der Waals surface area contributed by atoms with Crippen LogP contribution in [0.15, 0.2) is 42.7 Å². The number of hydrogen-bond donors (Lipinski definition) is 1. The van der Waals surface area contributed by atoms with Gasteiger partial charge in [0.2, 0.25) is 17.4 Å². The van der Waals surface area contributed by atoms with E-state index >= 15 is 0 Å². The lowest BCUT2D eigenvalue weighted by molar-refractivity contribution is -0.389. The fraction of sp³-hybridized carbons (Fsp3) is 0.316. The Balaban J connectivity index is 1.56. The van der Waals surface area contributed by atoms with Crippen molar-refractivity contribution in [1.29, 1.82) is 0 Å². The highest BCUT2D eigenvalue weighted by Gasteiger charge is 2.32. The second kappa shape index (κ2) is 7.26. The van der Waals surface area contributed by atoms with Crippen molar-refractivity contribution in [2.75, 3.05) is 23.3 Å². The summed E-state index contributed by atoms with van der Waals surface area (Å²) in [4.78, 5) is 34.4. The van der Waals surface area contributed by atoms with Gasteiger partial charge >= 0.3 is 5.82 Å². The van der Waals surface area contributed by atoms with Crippen LogP contribution >= 0.6 is 0 Å². The van der Waals surface area contributed by atoms with Crippen LogP contribution in [0.5, 0.6) is 0 Å². The first kappa shape index (κ1) is 17.9. The largest absolute Gasteiger partial charge is 0.372 e. The van der Waals surface area contributed by atoms with E-state index < -0.39 is 4.92 Å². The molecule has 0 saturated carbocycles. The number of nitrogens with one attached hydrogen (secondary N) is 1. The average Bonchev–Trinajstić information content (AvgIpc) is 3.10. The zero-order valence-corrected chi connectivity index (χ0v) is 15.4. The Morgan fingerprint density at radius 1 is 1.32 bits per heavy atom. The highest BCUT2D eigenvalue weighted by Crippen LogP contribution is 2.32. The molecule has 0 spiro atoms. The van der Waals surface area contributed by atoms with Crippen LogP contribution < -0.4 is 10.2 Å². The molecule has 3 aromatic rings. The second-order valence-corrected chi connectivity index (χ2v) is 6.94. The van der Waals surface area contributed by atoms with E-state index in [0.717, 1.165) is 18.4 Å². The molecule has 4 heterocycles. The molecule has 4 rings (SSSR count). The number of nitro groups is 1. The van der Waals surface area contributed by atoms with Crippen LogP contribution in [0.2, 0.25) is 0 Å². The molecule has 0 aromatic carbocycles. The Morgan fingerprint density at radius 3 is 2.93 bits per heavy atom. The first-order valence-electron chi connectivity index (χ1n) is 9.13. The lowest BCUT2D eigenvalue weighted by Crippen LogP contribution is -2.41. The molecule has 0 aliphatic carbocycles. The summed E-state index contributed by atoms with van der Waals surface area (Å²) < 4.78 is 1.47. The van der Waals surface area contributed by atoms with Gasteiger partial charge in [0.1, 0.15) is 5.82 Å². The minimum atomic E-state index is -0.421. The molecule has 9 nitrogen and oxygen atoms in total. The van der Waals surface area contributed by atoms with E-state index in [-0.39, 0.29) is 17.6 Å². The van der Waals surface area contributed by atoms with Gasteiger partial charge in [0.15, 0.2) is 0 Å². The van der Waals surface area contributed by atoms with Gasteiger partial charge in [0.25, 0.3) is 0 Å². The lowest BCUT2D eigenvalue weighted by Gasteiger charge is -2.31. The van der Waals surface area contributed by atoms with Crippen LogP contribution in [0, 0.1) is 23.0 Å². The average molecular weight is 380 g/mol. The molecule has 1 amide bonds. The summed E-state index contributed by atoms with van der Waals surface area (Å²) in [5, 5.41) is 14.5. The van der Waals surface area contributed by atoms with Gasteiger partial charge < -0.3 is 20.3 Å². The van der Waals surface area contributed by atoms with Crippen molar-refractivity contribution < 1.29 is 9.72 Å². The number of amides is 1. The molecular formula is C19H20N6O3. The van der Waals surface area contributed by atoms with E-state index in [9.17, 15) is 14.9 Å². The van der Waals surface area contributed by atoms with Crippen molar-refractivity contribution in [3.8, 4) is 0 Å². The number of hydrogen-bond acceptors (Lipinski definition) is 6. The Hall–Kier alpha value is -3.49. The Labute approximate surface area is 161 Å². The SMILES string of the molecule is Cc1ccc(NC(=O)[C@@H]2CCCN(c3nc4ccccn4c3[N+](=O)[O-])C2)nc1. The summed E-state index contributed by atoms with van der Waals surface area (Å²) in [5.41, 5.74) is 1.53. The quantitative estimate of drug-likeness (QED) is 0.551. The van der Waals surface area contributed by atoms with Crippen LogP contribution in [-0.2, 0) is 4.79 Å². The monoisotopic (exact) mass is 380 g/mol. The summed E-state index contributed by atoms with van der Waals surface area (Å²) in [6, 6.07) is 8.90. The normalized spacial score (nSPS) is 16.9. The van der Waals surface area contributed by atoms with Gasteiger partial charge in [0, 0.05) is 25.4 Å². The third kappa shape index (κ3) is 3.38. The van der Waals surface area contributed by atoms with Gasteiger partial charge in [-0.15, -0.1) is 0 Å². The van der Waals surface area contributed by atoms with Crippen LogP contribution in [0.1, 0.15) is 18.4 Å². The zero-order valence-electron chi connectivity index (χ0n) is 15.4. The number of nitrogens with zero attached hydrogens (tertiary/aromatic N) is 5. The molecule has 1 atom stereocenters. The van der Waals surface area contributed by atoms with Crippen molar-refractivity contribution in [1.82, 2.24) is 14.4 Å². The number of pyridine rings is 2. The first-order chi connectivity index (χ1) is 13.5. The molecule has 0 bridgehead atoms. The highest BCUT2D eigenvalue weighted by molar-refractivity contribution is 5.92. The molecule has 0 unspecified atom stereocenters. The summed E-state index contributed by atoms with van der Waals surface area (Å²) >= 11 is 0. The lowest BCUT2D eigenvalue weighted by atomic mass is 9.97. The van der Waals surface area contributed by atoms with Crippen LogP contribution in [0.4, 0.5) is 17.5 Å². The van der Waals surface area contributed by atoms with Crippen molar-refractivity contribution in [2.24, 2.45) is 5.92 Å². The molecule has 1 fully saturated rings. The van der Waals surface area contributed by atoms with E-state index in [0.29, 0.717) is 30.4 Å². The molecular weight excluding hydrogens is 360 g/mol. The van der Waals surface area contributed by atoms with E-state index in [1.807, 2.05) is 17.9 Å². The number of aromatic nitrogens is 3. The Kier molecular flexibility index (Phi) is 4.64. The van der Waals surface area contributed by atoms with E-state index in [2.05, 4.69) is 15.3 Å². The van der Waals surface area contributed by atoms with Crippen molar-refractivity contribution >= 4 is 29.0 Å². The van der Waals surface area contributed by atoms with E-state index in [1.165, 1.54) is 4.40 Å². The number of aryl methyl sites for hydroxylation is 1. The van der Waals surface area contributed by atoms with Crippen LogP contribution in [-0.4, -0.2) is 38.3 Å². The van der Waals surface area contributed by atoms with Crippen molar-refractivity contribution in [3.05, 3.63) is 58.4 Å². The van der Waals surface area contributed by atoms with Gasteiger partial charge in [-0.05, 0) is 42.4 Å². The Bertz CT molecular complexity index is 1030. The predicted molar refractivity (Wildman–Crippen MR) is 104 cm³/mol. The Morgan fingerprint density at radius 2 is 2.18 bits per heavy atom. The molecule has 28 heavy (non-hydrogen) atoms. The number of anilines is 2. The number of imidazole rings is 1. The summed E-state index contributed by atoms with van der Waals surface area (Å²) in [7, 11) is 0. The molecule has 1 aliphatic heterocycles. The number of carbonyl (C=O) groups is 1. The maximum Gasteiger partial charge on any atom is 0.372 e. The van der Waals surface area contributed by atoms with Gasteiger partial charge in [-0.3, -0.25) is 4.79 Å². The second-order valence-electron chi connectivity index (χ2n) is 6.94. The van der Waals surface area contributed by atoms with Crippen LogP contribution in [0.3, 0.4) is 0 Å². The molecule has 9 heteroatoms. The number of piperidine rings is 1. The molecule has 0 radical (unpaired) electrons. The summed E-state index contributed by atoms with van der Waals surface area (Å²) in [5.74, 6) is 0.319. The predicted octanol–water partition coefficient (Wildman–Crippen LogP) is 2.80. The van der Waals surface area contributed by atoms with E-state index in [1.54, 1.807) is 36.7 Å². The number of fused-ring (bicyclic) bond motifs is 1. The minimum Gasteiger partial charge on any atom is -0.358 e. The van der Waals surface area contributed by atoms with Crippen LogP contribution in [0.25, 0.3) is 5.65 Å². The third-order valence-electron chi connectivity index (χ3n) is 4.91. The zero-order chi connectivity index (χ0) is 19.7. The van der Waals surface area contributed by atoms with Crippen molar-refractivity contribution in [3.63, 3.8) is 0 Å². The fourth-order valence-electron chi connectivity index (χ4n) is 3.51. The van der Waals surface area contributed by atoms with Gasteiger partial charge in [-0.1, -0.05) is 12.1 Å². The highest BCUT2D eigenvalue weighted by atomic mass is 16.6. The maximum atomic E-state index is 12.7. The summed E-state index contributed by atoms with van der Waals surface area (Å²) in [6.07, 6.45) is 4.80. The van der Waals surface area contributed by atoms with Gasteiger partial charge in [-0.25, -0.2) is 4.98 Å². The fourth-order valence-corrected chi connectivity index (χ4v) is 3.51. The third-order valence-corrected chi connectivity index (χ3v) is 4.91. The van der Waals surface area contributed by atoms with E-state index in [4.69, 9.17) is 0 Å². The van der Waals surface area contributed by atoms with Gasteiger partial charge in [-0.2, -0.15) is 9.38 Å². The molecule has 3 aromatic heterocycles. The molecule has 144 valence electrons. The number of rotatable bonds is 4. The smallest absolute Gasteiger partial charge is 0.358 e. The number of carbonyl (C=O) groups excluding carboxylic acids is 1. The standard InChI is InChI=1S/C19H20N6O3/c1-13-7-8-15(20-11-13)21-18(26)14-5-4-9-23(12-14)17-19(25(27)28)24-10-3-2-6-16(24)22-17/h2-3,6-8,10-11,14H,4-5,9,12H2,1H3,(H,20,21,26)/t14-/m1/s1. The van der Waals surface area contributed by atoms with Gasteiger partial charge in [0.05, 0.1) is 12.1 Å². The van der Waals surface area contributed by atoms with Crippen molar-refractivity contribution in [2.45, 2.75) is 19.8 Å². The maximum absolute atomic E-state index is 12.7. The summed E-state index contributed by atoms with van der Waals surface area (Å²) in [6.45, 7) is 2.93.